The first-order valence-corrected chi connectivity index (χ1v) is 15.8. The number of benzene rings is 4. The van der Waals surface area contributed by atoms with Crippen molar-refractivity contribution in [2.45, 2.75) is 32.3 Å². The van der Waals surface area contributed by atoms with E-state index in [1.165, 1.54) is 18.3 Å². The largest absolute Gasteiger partial charge is 0.494 e. The molecule has 0 saturated carbocycles. The number of anilines is 1. The second-order valence-electron chi connectivity index (χ2n) is 9.60. The van der Waals surface area contributed by atoms with Crippen LogP contribution in [0.1, 0.15) is 30.5 Å². The van der Waals surface area contributed by atoms with Crippen LogP contribution >= 0.6 is 11.6 Å². The number of nitrogens with one attached hydrogen (secondary N) is 1. The number of hydrogen-bond donors (Lipinski definition) is 1. The highest BCUT2D eigenvalue weighted by molar-refractivity contribution is 7.92. The molecule has 0 spiro atoms. The Morgan fingerprint density at radius 1 is 0.864 bits per heavy atom. The van der Waals surface area contributed by atoms with Crippen LogP contribution in [0.4, 0.5) is 5.69 Å². The molecule has 0 heterocycles. The van der Waals surface area contributed by atoms with E-state index in [1.807, 2.05) is 32.9 Å². The normalized spacial score (nSPS) is 11.3. The molecule has 0 fully saturated rings. The predicted octanol–water partition coefficient (Wildman–Crippen LogP) is 6.37. The van der Waals surface area contributed by atoms with Crippen molar-refractivity contribution < 1.29 is 27.4 Å². The number of carbonyl (C=O) groups is 1. The zero-order valence-electron chi connectivity index (χ0n) is 24.7. The van der Waals surface area contributed by atoms with Gasteiger partial charge in [-0.05, 0) is 98.6 Å². The van der Waals surface area contributed by atoms with Crippen molar-refractivity contribution >= 4 is 39.4 Å². The van der Waals surface area contributed by atoms with E-state index in [-0.39, 0.29) is 4.90 Å². The lowest BCUT2D eigenvalue weighted by molar-refractivity contribution is -0.119. The minimum Gasteiger partial charge on any atom is -0.494 e. The fourth-order valence-corrected chi connectivity index (χ4v) is 5.65. The van der Waals surface area contributed by atoms with Crippen molar-refractivity contribution in [3.8, 4) is 17.2 Å². The third kappa shape index (κ3) is 8.75. The molecule has 44 heavy (non-hydrogen) atoms. The Hall–Kier alpha value is -4.54. The third-order valence-electron chi connectivity index (χ3n) is 6.31. The molecule has 0 aliphatic carbocycles. The highest BCUT2D eigenvalue weighted by Crippen LogP contribution is 2.29. The molecule has 0 unspecified atom stereocenters. The van der Waals surface area contributed by atoms with Gasteiger partial charge in [-0.1, -0.05) is 41.4 Å². The van der Waals surface area contributed by atoms with Crippen LogP contribution in [-0.2, 0) is 21.4 Å². The summed E-state index contributed by atoms with van der Waals surface area (Å²) >= 11 is 5.96. The van der Waals surface area contributed by atoms with E-state index in [1.54, 1.807) is 66.7 Å². The van der Waals surface area contributed by atoms with Gasteiger partial charge in [0.15, 0.2) is 11.5 Å². The number of aryl methyl sites for hydroxylation is 1. The average Bonchev–Trinajstić information content (AvgIpc) is 3.01. The predicted molar refractivity (Wildman–Crippen MR) is 172 cm³/mol. The number of ether oxygens (including phenoxy) is 3. The molecule has 4 rings (SSSR count). The molecule has 0 atom stereocenters. The molecule has 0 saturated heterocycles. The highest BCUT2D eigenvalue weighted by atomic mass is 35.5. The maximum Gasteiger partial charge on any atom is 0.264 e. The molecule has 4 aromatic carbocycles. The van der Waals surface area contributed by atoms with Crippen LogP contribution in [0.15, 0.2) is 101 Å². The molecule has 0 aliphatic rings. The summed E-state index contributed by atoms with van der Waals surface area (Å²) in [6.45, 7) is 6.33. The van der Waals surface area contributed by atoms with Gasteiger partial charge in [-0.2, -0.15) is 5.10 Å². The Balaban J connectivity index is 1.46. The number of nitrogens with zero attached hydrogens (tertiary/aromatic N) is 2. The van der Waals surface area contributed by atoms with Gasteiger partial charge in [0.05, 0.1) is 30.0 Å². The second-order valence-corrected chi connectivity index (χ2v) is 11.9. The number of hydrogen-bond acceptors (Lipinski definition) is 7. The van der Waals surface area contributed by atoms with Crippen LogP contribution in [0.2, 0.25) is 5.02 Å². The Bertz CT molecular complexity index is 1680. The average molecular weight is 636 g/mol. The molecule has 0 radical (unpaired) electrons. The van der Waals surface area contributed by atoms with Crippen LogP contribution in [0.25, 0.3) is 0 Å². The Morgan fingerprint density at radius 2 is 1.55 bits per heavy atom. The van der Waals surface area contributed by atoms with Crippen LogP contribution in [0.3, 0.4) is 0 Å². The van der Waals surface area contributed by atoms with Gasteiger partial charge in [-0.15, -0.1) is 0 Å². The fraction of sp³-hybridized carbons (Fsp3) is 0.212. The summed E-state index contributed by atoms with van der Waals surface area (Å²) in [5.74, 6) is 0.998. The molecule has 1 amide bonds. The van der Waals surface area contributed by atoms with Crippen molar-refractivity contribution in [3.05, 3.63) is 113 Å². The Morgan fingerprint density at radius 3 is 2.20 bits per heavy atom. The van der Waals surface area contributed by atoms with Gasteiger partial charge in [0.1, 0.15) is 18.9 Å². The lowest BCUT2D eigenvalue weighted by Crippen LogP contribution is -2.39. The van der Waals surface area contributed by atoms with Gasteiger partial charge in [-0.3, -0.25) is 9.10 Å². The number of carbonyl (C=O) groups excluding carboxylic acids is 1. The minimum atomic E-state index is -4.09. The molecule has 11 heteroatoms. The SMILES string of the molecule is CCOc1ccc(S(=O)(=O)N(CC(=O)N/N=C\c2ccc(OCc3ccc(Cl)cc3)c(OCC)c2)c2ccc(C)cc2)cc1. The van der Waals surface area contributed by atoms with Crippen molar-refractivity contribution in [3.63, 3.8) is 0 Å². The summed E-state index contributed by atoms with van der Waals surface area (Å²) in [4.78, 5) is 13.0. The van der Waals surface area contributed by atoms with E-state index in [4.69, 9.17) is 25.8 Å². The quantitative estimate of drug-likeness (QED) is 0.127. The topological polar surface area (TPSA) is 107 Å². The molecular weight excluding hydrogens is 602 g/mol. The van der Waals surface area contributed by atoms with E-state index in [0.29, 0.717) is 53.3 Å². The smallest absolute Gasteiger partial charge is 0.264 e. The summed E-state index contributed by atoms with van der Waals surface area (Å²) in [6.07, 6.45) is 1.45. The van der Waals surface area contributed by atoms with Crippen molar-refractivity contribution in [1.82, 2.24) is 5.43 Å². The van der Waals surface area contributed by atoms with Crippen LogP contribution in [-0.4, -0.2) is 40.3 Å². The number of sulfonamides is 1. The van der Waals surface area contributed by atoms with Gasteiger partial charge in [0, 0.05) is 5.02 Å². The monoisotopic (exact) mass is 635 g/mol. The first kappa shape index (κ1) is 32.4. The van der Waals surface area contributed by atoms with E-state index in [0.717, 1.165) is 15.4 Å². The van der Waals surface area contributed by atoms with Gasteiger partial charge < -0.3 is 14.2 Å². The Kier molecular flexibility index (Phi) is 11.2. The van der Waals surface area contributed by atoms with E-state index >= 15 is 0 Å². The van der Waals surface area contributed by atoms with Crippen LogP contribution in [0.5, 0.6) is 17.2 Å². The maximum absolute atomic E-state index is 13.6. The summed E-state index contributed by atoms with van der Waals surface area (Å²) in [5, 5.41) is 4.70. The fourth-order valence-electron chi connectivity index (χ4n) is 4.11. The summed E-state index contributed by atoms with van der Waals surface area (Å²) < 4.78 is 45.5. The molecule has 1 N–H and O–H groups in total. The molecule has 0 aliphatic heterocycles. The first-order valence-electron chi connectivity index (χ1n) is 14.0. The zero-order valence-corrected chi connectivity index (χ0v) is 26.3. The summed E-state index contributed by atoms with van der Waals surface area (Å²) in [6, 6.07) is 25.6. The van der Waals surface area contributed by atoms with Crippen LogP contribution < -0.4 is 23.9 Å². The highest BCUT2D eigenvalue weighted by Gasteiger charge is 2.27. The molecule has 9 nitrogen and oxygen atoms in total. The maximum atomic E-state index is 13.6. The summed E-state index contributed by atoms with van der Waals surface area (Å²) in [7, 11) is -4.09. The lowest BCUT2D eigenvalue weighted by atomic mass is 10.2. The number of amides is 1. The standard InChI is InChI=1S/C33H34ClN3O6S/c1-4-41-29-15-17-30(18-16-29)44(39,40)37(28-13-6-24(3)7-14-28)22-33(38)36-35-21-26-10-19-31(32(20-26)42-5-2)43-23-25-8-11-27(34)12-9-25/h6-21H,4-5,22-23H2,1-3H3,(H,36,38)/b35-21-. The molecule has 230 valence electrons. The van der Waals surface area contributed by atoms with E-state index in [9.17, 15) is 13.2 Å². The third-order valence-corrected chi connectivity index (χ3v) is 8.35. The van der Waals surface area contributed by atoms with Gasteiger partial charge in [-0.25, -0.2) is 13.8 Å². The van der Waals surface area contributed by atoms with E-state index in [2.05, 4.69) is 10.5 Å². The van der Waals surface area contributed by atoms with E-state index < -0.39 is 22.5 Å². The zero-order chi connectivity index (χ0) is 31.5. The number of hydrazone groups is 1. The molecule has 4 aromatic rings. The van der Waals surface area contributed by atoms with Crippen molar-refractivity contribution in [2.24, 2.45) is 5.10 Å². The lowest BCUT2D eigenvalue weighted by Gasteiger charge is -2.24. The number of halogens is 1. The van der Waals surface area contributed by atoms with Gasteiger partial charge >= 0.3 is 0 Å². The first-order chi connectivity index (χ1) is 21.2. The van der Waals surface area contributed by atoms with Gasteiger partial charge in [0.25, 0.3) is 15.9 Å². The second kappa shape index (κ2) is 15.3. The minimum absolute atomic E-state index is 0.0275. The molecular formula is C33H34ClN3O6S. The summed E-state index contributed by atoms with van der Waals surface area (Å²) in [5.41, 5.74) is 5.33. The molecule has 0 aromatic heterocycles. The van der Waals surface area contributed by atoms with Crippen molar-refractivity contribution in [2.75, 3.05) is 24.1 Å². The van der Waals surface area contributed by atoms with Crippen molar-refractivity contribution in [1.29, 1.82) is 0 Å². The number of rotatable bonds is 14. The Labute approximate surface area is 263 Å². The van der Waals surface area contributed by atoms with Gasteiger partial charge in [0.2, 0.25) is 0 Å². The molecule has 0 bridgehead atoms. The van der Waals surface area contributed by atoms with Crippen LogP contribution in [0, 0.1) is 6.92 Å².